The van der Waals surface area contributed by atoms with Gasteiger partial charge in [-0.05, 0) is 31.5 Å². The first-order chi connectivity index (χ1) is 13.4. The molecule has 1 heterocycles. The molecule has 0 saturated heterocycles. The van der Waals surface area contributed by atoms with Crippen LogP contribution in [0.1, 0.15) is 25.0 Å². The Morgan fingerprint density at radius 1 is 1.14 bits per heavy atom. The third kappa shape index (κ3) is 4.27. The van der Waals surface area contributed by atoms with Gasteiger partial charge in [-0.15, -0.1) is 0 Å². The number of phenolic OH excluding ortho intramolecular Hbond substituents is 2. The number of phenols is 2. The fourth-order valence-corrected chi connectivity index (χ4v) is 3.63. The maximum Gasteiger partial charge on any atom is 0.232 e. The summed E-state index contributed by atoms with van der Waals surface area (Å²) in [6, 6.07) is 7.68. The van der Waals surface area contributed by atoms with Crippen molar-refractivity contribution in [3.63, 3.8) is 0 Å². The summed E-state index contributed by atoms with van der Waals surface area (Å²) in [6.45, 7) is 4.88. The van der Waals surface area contributed by atoms with Gasteiger partial charge in [0.1, 0.15) is 40.0 Å². The number of nitrogens with zero attached hydrogens (tertiary/aromatic N) is 4. The molecule has 144 valence electrons. The summed E-state index contributed by atoms with van der Waals surface area (Å²) in [5.74, 6) is -0.621. The first-order valence-corrected chi connectivity index (χ1v) is 9.42. The van der Waals surface area contributed by atoms with E-state index >= 15 is 0 Å². The Balaban J connectivity index is 2.58. The lowest BCUT2D eigenvalue weighted by atomic mass is 9.96. The van der Waals surface area contributed by atoms with Crippen molar-refractivity contribution in [1.82, 2.24) is 9.88 Å². The Labute approximate surface area is 166 Å². The standard InChI is InChI=1S/C19H19N5O3S/c1-3-24(4-2)16(27)10-28-19-15(9-21)17(14(8-20)18(22)23-19)11-5-12(25)7-13(26)6-11/h5-7,25-26H,3-4,10H2,1-2H3,(H2,22,23). The molecule has 0 spiro atoms. The van der Waals surface area contributed by atoms with Gasteiger partial charge < -0.3 is 20.8 Å². The summed E-state index contributed by atoms with van der Waals surface area (Å²) in [5, 5.41) is 39.0. The second kappa shape index (κ2) is 8.98. The van der Waals surface area contributed by atoms with E-state index in [4.69, 9.17) is 5.73 Å². The maximum absolute atomic E-state index is 12.3. The number of carbonyl (C=O) groups excluding carboxylic acids is 1. The molecule has 0 aliphatic rings. The first-order valence-electron chi connectivity index (χ1n) is 8.43. The zero-order chi connectivity index (χ0) is 20.8. The number of benzene rings is 1. The van der Waals surface area contributed by atoms with E-state index in [1.54, 1.807) is 4.90 Å². The van der Waals surface area contributed by atoms with Crippen LogP contribution in [-0.4, -0.2) is 44.8 Å². The molecule has 2 rings (SSSR count). The number of aromatic hydroxyl groups is 2. The van der Waals surface area contributed by atoms with Gasteiger partial charge in [0.15, 0.2) is 0 Å². The third-order valence-electron chi connectivity index (χ3n) is 4.06. The van der Waals surface area contributed by atoms with Gasteiger partial charge in [-0.2, -0.15) is 10.5 Å². The van der Waals surface area contributed by atoms with E-state index in [0.29, 0.717) is 13.1 Å². The molecule has 28 heavy (non-hydrogen) atoms. The number of anilines is 1. The number of nitrogens with two attached hydrogens (primary N) is 1. The Morgan fingerprint density at radius 3 is 2.21 bits per heavy atom. The third-order valence-corrected chi connectivity index (χ3v) is 5.02. The summed E-state index contributed by atoms with van der Waals surface area (Å²) in [6.07, 6.45) is 0. The Kier molecular flexibility index (Phi) is 6.69. The van der Waals surface area contributed by atoms with Crippen LogP contribution in [0.15, 0.2) is 23.2 Å². The van der Waals surface area contributed by atoms with Gasteiger partial charge in [0.2, 0.25) is 5.91 Å². The summed E-state index contributed by atoms with van der Waals surface area (Å²) in [7, 11) is 0. The van der Waals surface area contributed by atoms with Crippen molar-refractivity contribution >= 4 is 23.5 Å². The minimum atomic E-state index is -0.232. The SMILES string of the molecule is CCN(CC)C(=O)CSc1nc(N)c(C#N)c(-c2cc(O)cc(O)c2)c1C#N. The van der Waals surface area contributed by atoms with E-state index in [1.165, 1.54) is 12.1 Å². The lowest BCUT2D eigenvalue weighted by Gasteiger charge is -2.18. The van der Waals surface area contributed by atoms with Gasteiger partial charge in [0.25, 0.3) is 0 Å². The molecule has 0 saturated carbocycles. The molecule has 9 heteroatoms. The number of nitriles is 2. The molecule has 0 bridgehead atoms. The van der Waals surface area contributed by atoms with Crippen LogP contribution >= 0.6 is 11.8 Å². The number of aromatic nitrogens is 1. The minimum Gasteiger partial charge on any atom is -0.508 e. The van der Waals surface area contributed by atoms with Crippen molar-refractivity contribution in [2.75, 3.05) is 24.6 Å². The van der Waals surface area contributed by atoms with Crippen molar-refractivity contribution in [3.8, 4) is 34.8 Å². The summed E-state index contributed by atoms with van der Waals surface area (Å²) >= 11 is 1.05. The van der Waals surface area contributed by atoms with Crippen LogP contribution in [0.2, 0.25) is 0 Å². The molecule has 0 fully saturated rings. The van der Waals surface area contributed by atoms with Crippen molar-refractivity contribution in [2.24, 2.45) is 0 Å². The molecule has 0 aliphatic heterocycles. The molecule has 1 amide bonds. The predicted molar refractivity (Wildman–Crippen MR) is 105 cm³/mol. The predicted octanol–water partition coefficient (Wildman–Crippen LogP) is 2.45. The highest BCUT2D eigenvalue weighted by atomic mass is 32.2. The monoisotopic (exact) mass is 397 g/mol. The lowest BCUT2D eigenvalue weighted by molar-refractivity contribution is -0.127. The summed E-state index contributed by atoms with van der Waals surface area (Å²) in [5.41, 5.74) is 6.32. The molecule has 2 aromatic rings. The van der Waals surface area contributed by atoms with Gasteiger partial charge in [0, 0.05) is 24.7 Å². The topological polar surface area (TPSA) is 147 Å². The van der Waals surface area contributed by atoms with Crippen molar-refractivity contribution < 1.29 is 15.0 Å². The van der Waals surface area contributed by atoms with E-state index in [1.807, 2.05) is 26.0 Å². The van der Waals surface area contributed by atoms with Gasteiger partial charge in [-0.25, -0.2) is 4.98 Å². The highest BCUT2D eigenvalue weighted by molar-refractivity contribution is 8.00. The molecular formula is C19H19N5O3S. The minimum absolute atomic E-state index is 0.0408. The Hall–Kier alpha value is -3.43. The number of hydrogen-bond donors (Lipinski definition) is 3. The number of pyridine rings is 1. The molecule has 1 aromatic carbocycles. The smallest absolute Gasteiger partial charge is 0.232 e. The molecule has 8 nitrogen and oxygen atoms in total. The maximum atomic E-state index is 12.3. The van der Waals surface area contributed by atoms with Crippen LogP contribution in [0.4, 0.5) is 5.82 Å². The van der Waals surface area contributed by atoms with Gasteiger partial charge in [-0.3, -0.25) is 4.79 Å². The van der Waals surface area contributed by atoms with Gasteiger partial charge >= 0.3 is 0 Å². The number of hydrogen-bond acceptors (Lipinski definition) is 8. The van der Waals surface area contributed by atoms with E-state index < -0.39 is 0 Å². The van der Waals surface area contributed by atoms with Crippen LogP contribution < -0.4 is 5.73 Å². The van der Waals surface area contributed by atoms with E-state index in [2.05, 4.69) is 4.98 Å². The van der Waals surface area contributed by atoms with Gasteiger partial charge in [-0.1, -0.05) is 11.8 Å². The molecule has 4 N–H and O–H groups in total. The van der Waals surface area contributed by atoms with E-state index in [9.17, 15) is 25.5 Å². The quantitative estimate of drug-likeness (QED) is 0.630. The number of carbonyl (C=O) groups is 1. The highest BCUT2D eigenvalue weighted by Gasteiger charge is 2.22. The first kappa shape index (κ1) is 20.9. The Bertz CT molecular complexity index is 970. The zero-order valence-electron chi connectivity index (χ0n) is 15.4. The number of nitrogen functional groups attached to an aromatic ring is 1. The summed E-state index contributed by atoms with van der Waals surface area (Å²) < 4.78 is 0. The second-order valence-electron chi connectivity index (χ2n) is 5.74. The average molecular weight is 397 g/mol. The number of rotatable bonds is 6. The van der Waals surface area contributed by atoms with Crippen LogP contribution in [0, 0.1) is 22.7 Å². The van der Waals surface area contributed by atoms with Crippen LogP contribution in [0.5, 0.6) is 11.5 Å². The largest absolute Gasteiger partial charge is 0.508 e. The zero-order valence-corrected chi connectivity index (χ0v) is 16.2. The Morgan fingerprint density at radius 2 is 1.71 bits per heavy atom. The summed E-state index contributed by atoms with van der Waals surface area (Å²) in [4.78, 5) is 18.1. The van der Waals surface area contributed by atoms with Crippen molar-refractivity contribution in [3.05, 3.63) is 29.3 Å². The normalized spacial score (nSPS) is 10.1. The van der Waals surface area contributed by atoms with Gasteiger partial charge in [0.05, 0.1) is 11.3 Å². The van der Waals surface area contributed by atoms with Crippen LogP contribution in [-0.2, 0) is 4.79 Å². The molecular weight excluding hydrogens is 378 g/mol. The molecule has 0 radical (unpaired) electrons. The fraction of sp³-hybridized carbons (Fsp3) is 0.263. The van der Waals surface area contributed by atoms with Crippen molar-refractivity contribution in [2.45, 2.75) is 18.9 Å². The second-order valence-corrected chi connectivity index (χ2v) is 6.71. The van der Waals surface area contributed by atoms with E-state index in [0.717, 1.165) is 17.8 Å². The number of amides is 1. The fourth-order valence-electron chi connectivity index (χ4n) is 2.73. The number of thioether (sulfide) groups is 1. The van der Waals surface area contributed by atoms with Crippen LogP contribution in [0.25, 0.3) is 11.1 Å². The molecule has 0 unspecified atom stereocenters. The van der Waals surface area contributed by atoms with E-state index in [-0.39, 0.29) is 56.3 Å². The molecule has 0 atom stereocenters. The molecule has 0 aliphatic carbocycles. The average Bonchev–Trinajstić information content (AvgIpc) is 2.65. The lowest BCUT2D eigenvalue weighted by Crippen LogP contribution is -2.31. The van der Waals surface area contributed by atoms with Crippen molar-refractivity contribution in [1.29, 1.82) is 10.5 Å². The highest BCUT2D eigenvalue weighted by Crippen LogP contribution is 2.38. The van der Waals surface area contributed by atoms with Crippen LogP contribution in [0.3, 0.4) is 0 Å². The molecule has 1 aromatic heterocycles.